The van der Waals surface area contributed by atoms with E-state index in [1.807, 2.05) is 18.4 Å². The summed E-state index contributed by atoms with van der Waals surface area (Å²) in [6.07, 6.45) is -0.804. The largest absolute Gasteiger partial charge is 0.417 e. The first-order valence-corrected chi connectivity index (χ1v) is 8.97. The van der Waals surface area contributed by atoms with Gasteiger partial charge in [0.05, 0.1) is 23.8 Å². The number of pyridine rings is 1. The lowest BCUT2D eigenvalue weighted by atomic mass is 10.1. The molecule has 1 fully saturated rings. The molecule has 3 rings (SSSR count). The molecule has 1 aliphatic rings. The van der Waals surface area contributed by atoms with Gasteiger partial charge in [0.1, 0.15) is 0 Å². The fourth-order valence-corrected chi connectivity index (χ4v) is 3.83. The molecule has 3 heterocycles. The molecule has 1 amide bonds. The molecule has 0 radical (unpaired) electrons. The molecule has 1 atom stereocenters. The second-order valence-corrected chi connectivity index (χ2v) is 7.29. The van der Waals surface area contributed by atoms with E-state index in [2.05, 4.69) is 9.98 Å². The molecule has 26 heavy (non-hydrogen) atoms. The monoisotopic (exact) mass is 385 g/mol. The molecule has 5 nitrogen and oxygen atoms in total. The molecule has 0 saturated carbocycles. The molecule has 2 aromatic heterocycles. The second kappa shape index (κ2) is 7.32. The Hall–Kier alpha value is -2.00. The molecule has 0 aromatic carbocycles. The quantitative estimate of drug-likeness (QED) is 0.813. The molecular weight excluding hydrogens is 367 g/mol. The highest BCUT2D eigenvalue weighted by Crippen LogP contribution is 2.31. The number of hydrogen-bond acceptors (Lipinski definition) is 4. The van der Waals surface area contributed by atoms with Crippen LogP contribution in [0.1, 0.15) is 39.3 Å². The summed E-state index contributed by atoms with van der Waals surface area (Å²) >= 11 is 1.28. The van der Waals surface area contributed by atoms with Crippen LogP contribution in [0.5, 0.6) is 0 Å². The van der Waals surface area contributed by atoms with Gasteiger partial charge in [-0.1, -0.05) is 0 Å². The van der Waals surface area contributed by atoms with Crippen LogP contribution in [-0.2, 0) is 17.5 Å². The van der Waals surface area contributed by atoms with Gasteiger partial charge in [-0.3, -0.25) is 9.78 Å². The molecule has 0 N–H and O–H groups in total. The molecule has 0 aliphatic carbocycles. The van der Waals surface area contributed by atoms with Crippen LogP contribution in [0.25, 0.3) is 0 Å². The fourth-order valence-electron chi connectivity index (χ4n) is 2.85. The number of rotatable bonds is 3. The first kappa shape index (κ1) is 18.8. The van der Waals surface area contributed by atoms with Gasteiger partial charge < -0.3 is 9.30 Å². The van der Waals surface area contributed by atoms with Gasteiger partial charge in [0.25, 0.3) is 5.91 Å². The van der Waals surface area contributed by atoms with Crippen molar-refractivity contribution in [3.8, 4) is 0 Å². The molecule has 140 valence electrons. The van der Waals surface area contributed by atoms with Gasteiger partial charge >= 0.3 is 6.18 Å². The van der Waals surface area contributed by atoms with E-state index < -0.39 is 23.2 Å². The Morgan fingerprint density at radius 2 is 2.23 bits per heavy atom. The highest BCUT2D eigenvalue weighted by Gasteiger charge is 2.35. The lowest BCUT2D eigenvalue weighted by Gasteiger charge is -2.12. The third-order valence-electron chi connectivity index (χ3n) is 4.35. The average molecular weight is 385 g/mol. The number of hydrogen-bond donors (Lipinski definition) is 0. The van der Waals surface area contributed by atoms with Crippen molar-refractivity contribution in [2.24, 2.45) is 4.99 Å². The summed E-state index contributed by atoms with van der Waals surface area (Å²) in [6, 6.07) is 0.786. The molecule has 0 bridgehead atoms. The van der Waals surface area contributed by atoms with E-state index in [9.17, 15) is 18.0 Å². The van der Waals surface area contributed by atoms with Crippen molar-refractivity contribution in [2.45, 2.75) is 45.5 Å². The van der Waals surface area contributed by atoms with E-state index in [4.69, 9.17) is 4.74 Å². The summed E-state index contributed by atoms with van der Waals surface area (Å²) in [5.74, 6) is -0.951. The van der Waals surface area contributed by atoms with Crippen LogP contribution in [-0.4, -0.2) is 28.2 Å². The number of alkyl halides is 3. The van der Waals surface area contributed by atoms with E-state index >= 15 is 0 Å². The van der Waals surface area contributed by atoms with E-state index in [1.54, 1.807) is 0 Å². The number of thiazole rings is 1. The Balaban J connectivity index is 2.00. The zero-order chi connectivity index (χ0) is 18.9. The lowest BCUT2D eigenvalue weighted by molar-refractivity contribution is -0.138. The van der Waals surface area contributed by atoms with Gasteiger partial charge in [-0.2, -0.15) is 18.2 Å². The van der Waals surface area contributed by atoms with E-state index in [0.29, 0.717) is 18.0 Å². The van der Waals surface area contributed by atoms with Gasteiger partial charge in [0.2, 0.25) is 0 Å². The molecule has 2 aromatic rings. The minimum Gasteiger partial charge on any atom is -0.376 e. The van der Waals surface area contributed by atoms with Crippen LogP contribution in [0.15, 0.2) is 23.5 Å². The first-order valence-electron chi connectivity index (χ1n) is 8.16. The van der Waals surface area contributed by atoms with Gasteiger partial charge in [-0.25, -0.2) is 0 Å². The highest BCUT2D eigenvalue weighted by molar-refractivity contribution is 7.09. The highest BCUT2D eigenvalue weighted by atomic mass is 32.1. The predicted molar refractivity (Wildman–Crippen MR) is 89.9 cm³/mol. The summed E-state index contributed by atoms with van der Waals surface area (Å²) in [6.45, 7) is 5.01. The molecule has 1 aliphatic heterocycles. The number of aromatic nitrogens is 2. The zero-order valence-electron chi connectivity index (χ0n) is 14.3. The van der Waals surface area contributed by atoms with Crippen molar-refractivity contribution in [3.63, 3.8) is 0 Å². The zero-order valence-corrected chi connectivity index (χ0v) is 15.2. The summed E-state index contributed by atoms with van der Waals surface area (Å²) in [4.78, 5) is 21.4. The van der Waals surface area contributed by atoms with Crippen molar-refractivity contribution in [2.75, 3.05) is 6.61 Å². The Bertz CT molecular complexity index is 880. The van der Waals surface area contributed by atoms with Crippen LogP contribution in [0.4, 0.5) is 13.2 Å². The first-order chi connectivity index (χ1) is 12.3. The lowest BCUT2D eigenvalue weighted by Crippen LogP contribution is -2.25. The third kappa shape index (κ3) is 3.88. The SMILES string of the molecule is Cc1sc(=NC(=O)c2cnccc2C(F)(F)F)n(CC2CCCO2)c1C. The van der Waals surface area contributed by atoms with Crippen molar-refractivity contribution in [1.82, 2.24) is 9.55 Å². The Kier molecular flexibility index (Phi) is 5.29. The van der Waals surface area contributed by atoms with E-state index in [-0.39, 0.29) is 6.10 Å². The smallest absolute Gasteiger partial charge is 0.376 e. The second-order valence-electron chi connectivity index (χ2n) is 6.11. The Morgan fingerprint density at radius 3 is 2.88 bits per heavy atom. The number of halogens is 3. The summed E-state index contributed by atoms with van der Waals surface area (Å²) in [5.41, 5.74) is -0.649. The van der Waals surface area contributed by atoms with Gasteiger partial charge in [-0.05, 0) is 32.8 Å². The summed E-state index contributed by atoms with van der Waals surface area (Å²) < 4.78 is 46.8. The topological polar surface area (TPSA) is 56.5 Å². The van der Waals surface area contributed by atoms with Crippen molar-refractivity contribution in [3.05, 3.63) is 45.0 Å². The van der Waals surface area contributed by atoms with Crippen LogP contribution >= 0.6 is 11.3 Å². The molecule has 0 spiro atoms. The molecular formula is C17H18F3N3O2S. The minimum atomic E-state index is -4.64. The number of aryl methyl sites for hydroxylation is 1. The van der Waals surface area contributed by atoms with Crippen LogP contribution in [0.2, 0.25) is 0 Å². The molecule has 1 unspecified atom stereocenters. The normalized spacial score (nSPS) is 18.5. The molecule has 1 saturated heterocycles. The number of ether oxygens (including phenoxy) is 1. The summed E-state index contributed by atoms with van der Waals surface area (Å²) in [5, 5.41) is 0. The standard InChI is InChI=1S/C17H18F3N3O2S/c1-10-11(2)26-16(23(10)9-12-4-3-7-25-12)22-15(24)13-8-21-6-5-14(13)17(18,19)20/h5-6,8,12H,3-4,7,9H2,1-2H3. The van der Waals surface area contributed by atoms with Crippen LogP contribution in [0.3, 0.4) is 0 Å². The van der Waals surface area contributed by atoms with Crippen LogP contribution < -0.4 is 4.80 Å². The van der Waals surface area contributed by atoms with Crippen molar-refractivity contribution < 1.29 is 22.7 Å². The molecule has 9 heteroatoms. The van der Waals surface area contributed by atoms with Crippen molar-refractivity contribution in [1.29, 1.82) is 0 Å². The van der Waals surface area contributed by atoms with E-state index in [0.717, 1.165) is 41.9 Å². The summed E-state index contributed by atoms with van der Waals surface area (Å²) in [7, 11) is 0. The Labute approximate surface area is 152 Å². The van der Waals surface area contributed by atoms with Crippen molar-refractivity contribution >= 4 is 17.2 Å². The fraction of sp³-hybridized carbons (Fsp3) is 0.471. The van der Waals surface area contributed by atoms with Gasteiger partial charge in [0.15, 0.2) is 4.80 Å². The number of nitrogens with zero attached hydrogens (tertiary/aromatic N) is 3. The average Bonchev–Trinajstić information content (AvgIpc) is 3.18. The maximum absolute atomic E-state index is 13.1. The van der Waals surface area contributed by atoms with Crippen LogP contribution in [0, 0.1) is 13.8 Å². The van der Waals surface area contributed by atoms with Gasteiger partial charge in [0, 0.05) is 29.6 Å². The Morgan fingerprint density at radius 1 is 1.46 bits per heavy atom. The minimum absolute atomic E-state index is 0.0286. The van der Waals surface area contributed by atoms with E-state index in [1.165, 1.54) is 11.3 Å². The number of carbonyl (C=O) groups excluding carboxylic acids is 1. The maximum atomic E-state index is 13.1. The van der Waals surface area contributed by atoms with Gasteiger partial charge in [-0.15, -0.1) is 11.3 Å². The number of carbonyl (C=O) groups is 1. The third-order valence-corrected chi connectivity index (χ3v) is 5.45. The number of amides is 1. The predicted octanol–water partition coefficient (Wildman–Crippen LogP) is 3.50. The maximum Gasteiger partial charge on any atom is 0.417 e.